The number of hydrogen-bond acceptors (Lipinski definition) is 5. The molecule has 0 unspecified atom stereocenters. The average Bonchev–Trinajstić information content (AvgIpc) is 2.69. The maximum atomic E-state index is 13.8. The number of likely N-dealkylation sites (tertiary alicyclic amines) is 1. The normalized spacial score (nSPS) is 15.2. The maximum Gasteiger partial charge on any atom is 0.267 e. The Kier molecular flexibility index (Phi) is 6.20. The molecule has 3 rings (SSSR count). The lowest BCUT2D eigenvalue weighted by atomic mass is 10.0. The van der Waals surface area contributed by atoms with E-state index in [0.29, 0.717) is 12.1 Å². The Bertz CT molecular complexity index is 849. The zero-order valence-electron chi connectivity index (χ0n) is 15.7. The highest BCUT2D eigenvalue weighted by molar-refractivity contribution is 5.95. The van der Waals surface area contributed by atoms with Crippen molar-refractivity contribution < 1.29 is 18.7 Å². The SMILES string of the molecule is COc1ccc(CN2CCC(NC(=O)c3ccc(C(N)=O)nc3)CC2)cc1F. The van der Waals surface area contributed by atoms with Crippen LogP contribution in [0.1, 0.15) is 39.3 Å². The summed E-state index contributed by atoms with van der Waals surface area (Å²) in [6.45, 7) is 2.26. The van der Waals surface area contributed by atoms with Gasteiger partial charge in [-0.25, -0.2) is 4.39 Å². The van der Waals surface area contributed by atoms with E-state index in [9.17, 15) is 14.0 Å². The van der Waals surface area contributed by atoms with Crippen LogP contribution in [0, 0.1) is 5.82 Å². The van der Waals surface area contributed by atoms with E-state index in [0.717, 1.165) is 31.5 Å². The van der Waals surface area contributed by atoms with Gasteiger partial charge in [0.05, 0.1) is 12.7 Å². The molecule has 0 radical (unpaired) electrons. The minimum absolute atomic E-state index is 0.0622. The van der Waals surface area contributed by atoms with Gasteiger partial charge in [0.25, 0.3) is 11.8 Å². The number of aromatic nitrogens is 1. The predicted molar refractivity (Wildman–Crippen MR) is 101 cm³/mol. The van der Waals surface area contributed by atoms with Gasteiger partial charge in [0.2, 0.25) is 0 Å². The Labute approximate surface area is 162 Å². The Balaban J connectivity index is 1.49. The Morgan fingerprint density at radius 3 is 2.61 bits per heavy atom. The van der Waals surface area contributed by atoms with Crippen LogP contribution >= 0.6 is 0 Å². The summed E-state index contributed by atoms with van der Waals surface area (Å²) in [5, 5.41) is 2.99. The topological polar surface area (TPSA) is 97.5 Å². The molecule has 0 saturated carbocycles. The highest BCUT2D eigenvalue weighted by atomic mass is 19.1. The molecule has 8 heteroatoms. The molecule has 1 aromatic heterocycles. The van der Waals surface area contributed by atoms with Crippen molar-refractivity contribution in [2.75, 3.05) is 20.2 Å². The Morgan fingerprint density at radius 2 is 2.04 bits per heavy atom. The van der Waals surface area contributed by atoms with Crippen molar-refractivity contribution in [2.24, 2.45) is 5.73 Å². The number of pyridine rings is 1. The first kappa shape index (κ1) is 19.8. The summed E-state index contributed by atoms with van der Waals surface area (Å²) >= 11 is 0. The number of primary amides is 1. The van der Waals surface area contributed by atoms with Gasteiger partial charge in [-0.3, -0.25) is 19.5 Å². The summed E-state index contributed by atoms with van der Waals surface area (Å²) in [7, 11) is 1.44. The van der Waals surface area contributed by atoms with Crippen molar-refractivity contribution in [3.8, 4) is 5.75 Å². The van der Waals surface area contributed by atoms with E-state index in [1.54, 1.807) is 6.07 Å². The molecule has 0 atom stereocenters. The van der Waals surface area contributed by atoms with Gasteiger partial charge in [0.15, 0.2) is 11.6 Å². The zero-order chi connectivity index (χ0) is 20.1. The lowest BCUT2D eigenvalue weighted by Gasteiger charge is -2.32. The smallest absolute Gasteiger partial charge is 0.267 e. The van der Waals surface area contributed by atoms with Crippen LogP contribution in [-0.4, -0.2) is 47.9 Å². The molecule has 148 valence electrons. The number of carbonyl (C=O) groups excluding carboxylic acids is 2. The average molecular weight is 386 g/mol. The highest BCUT2D eigenvalue weighted by Crippen LogP contribution is 2.20. The van der Waals surface area contributed by atoms with Crippen LogP contribution in [-0.2, 0) is 6.54 Å². The summed E-state index contributed by atoms with van der Waals surface area (Å²) < 4.78 is 18.8. The first-order chi connectivity index (χ1) is 13.5. The number of nitrogens with zero attached hydrogens (tertiary/aromatic N) is 2. The lowest BCUT2D eigenvalue weighted by molar-refractivity contribution is 0.0906. The second-order valence-electron chi connectivity index (χ2n) is 6.79. The molecule has 0 spiro atoms. The second kappa shape index (κ2) is 8.79. The van der Waals surface area contributed by atoms with E-state index in [4.69, 9.17) is 10.5 Å². The zero-order valence-corrected chi connectivity index (χ0v) is 15.7. The van der Waals surface area contributed by atoms with Crippen molar-refractivity contribution in [1.29, 1.82) is 0 Å². The number of methoxy groups -OCH3 is 1. The first-order valence-electron chi connectivity index (χ1n) is 9.07. The third-order valence-electron chi connectivity index (χ3n) is 4.82. The molecular weight excluding hydrogens is 363 g/mol. The van der Waals surface area contributed by atoms with Crippen LogP contribution in [0.15, 0.2) is 36.5 Å². The number of nitrogens with one attached hydrogen (secondary N) is 1. The lowest BCUT2D eigenvalue weighted by Crippen LogP contribution is -2.44. The predicted octanol–water partition coefficient (Wildman–Crippen LogP) is 1.72. The van der Waals surface area contributed by atoms with Gasteiger partial charge in [-0.1, -0.05) is 6.07 Å². The van der Waals surface area contributed by atoms with Gasteiger partial charge < -0.3 is 15.8 Å². The van der Waals surface area contributed by atoms with Gasteiger partial charge in [0, 0.05) is 31.9 Å². The van der Waals surface area contributed by atoms with E-state index >= 15 is 0 Å². The van der Waals surface area contributed by atoms with E-state index in [2.05, 4.69) is 15.2 Å². The van der Waals surface area contributed by atoms with Crippen LogP contribution < -0.4 is 15.8 Å². The molecule has 0 aliphatic carbocycles. The first-order valence-corrected chi connectivity index (χ1v) is 9.07. The molecule has 1 aliphatic rings. The molecule has 0 bridgehead atoms. The number of hydrogen-bond donors (Lipinski definition) is 2. The summed E-state index contributed by atoms with van der Waals surface area (Å²) in [6.07, 6.45) is 2.96. The number of ether oxygens (including phenoxy) is 1. The number of amides is 2. The molecule has 3 N–H and O–H groups in total. The van der Waals surface area contributed by atoms with Crippen LogP contribution in [0.3, 0.4) is 0 Å². The number of nitrogens with two attached hydrogens (primary N) is 1. The quantitative estimate of drug-likeness (QED) is 0.788. The summed E-state index contributed by atoms with van der Waals surface area (Å²) in [6, 6.07) is 8.03. The van der Waals surface area contributed by atoms with E-state index in [-0.39, 0.29) is 29.2 Å². The molecule has 28 heavy (non-hydrogen) atoms. The third kappa shape index (κ3) is 4.83. The van der Waals surface area contributed by atoms with Crippen molar-refractivity contribution in [2.45, 2.75) is 25.4 Å². The largest absolute Gasteiger partial charge is 0.494 e. The minimum atomic E-state index is -0.629. The number of halogens is 1. The van der Waals surface area contributed by atoms with Gasteiger partial charge in [-0.15, -0.1) is 0 Å². The van der Waals surface area contributed by atoms with E-state index < -0.39 is 5.91 Å². The fourth-order valence-electron chi connectivity index (χ4n) is 3.24. The minimum Gasteiger partial charge on any atom is -0.494 e. The van der Waals surface area contributed by atoms with Crippen molar-refractivity contribution in [3.05, 3.63) is 59.2 Å². The molecule has 2 amide bonds. The Hall–Kier alpha value is -3.00. The van der Waals surface area contributed by atoms with Gasteiger partial charge >= 0.3 is 0 Å². The monoisotopic (exact) mass is 386 g/mol. The number of rotatable bonds is 6. The van der Waals surface area contributed by atoms with Crippen LogP contribution in [0.2, 0.25) is 0 Å². The Morgan fingerprint density at radius 1 is 1.29 bits per heavy atom. The molecule has 1 aliphatic heterocycles. The standard InChI is InChI=1S/C20H23FN4O3/c1-28-18-5-2-13(10-16(18)21)12-25-8-6-15(7-9-25)24-20(27)14-3-4-17(19(22)26)23-11-14/h2-5,10-11,15H,6-9,12H2,1H3,(H2,22,26)(H,24,27). The van der Waals surface area contributed by atoms with Gasteiger partial charge in [0.1, 0.15) is 5.69 Å². The molecule has 1 fully saturated rings. The summed E-state index contributed by atoms with van der Waals surface area (Å²) in [4.78, 5) is 29.5. The molecule has 1 saturated heterocycles. The molecule has 1 aromatic carbocycles. The number of benzene rings is 1. The van der Waals surface area contributed by atoms with E-state index in [1.165, 1.54) is 31.5 Å². The molecule has 7 nitrogen and oxygen atoms in total. The molecule has 2 aromatic rings. The van der Waals surface area contributed by atoms with Crippen LogP contribution in [0.5, 0.6) is 5.75 Å². The number of piperidine rings is 1. The summed E-state index contributed by atoms with van der Waals surface area (Å²) in [5.41, 5.74) is 6.55. The van der Waals surface area contributed by atoms with Gasteiger partial charge in [-0.2, -0.15) is 0 Å². The van der Waals surface area contributed by atoms with Crippen LogP contribution in [0.25, 0.3) is 0 Å². The van der Waals surface area contributed by atoms with Gasteiger partial charge in [-0.05, 0) is 42.7 Å². The van der Waals surface area contributed by atoms with Crippen molar-refractivity contribution in [1.82, 2.24) is 15.2 Å². The summed E-state index contributed by atoms with van der Waals surface area (Å²) in [5.74, 6) is -0.975. The fraction of sp³-hybridized carbons (Fsp3) is 0.350. The van der Waals surface area contributed by atoms with Crippen molar-refractivity contribution >= 4 is 11.8 Å². The highest BCUT2D eigenvalue weighted by Gasteiger charge is 2.21. The number of carbonyl (C=O) groups is 2. The van der Waals surface area contributed by atoms with Crippen molar-refractivity contribution in [3.63, 3.8) is 0 Å². The van der Waals surface area contributed by atoms with Crippen LogP contribution in [0.4, 0.5) is 4.39 Å². The molecule has 2 heterocycles. The fourth-order valence-corrected chi connectivity index (χ4v) is 3.24. The maximum absolute atomic E-state index is 13.8. The molecular formula is C20H23FN4O3. The van der Waals surface area contributed by atoms with E-state index in [1.807, 2.05) is 6.07 Å². The second-order valence-corrected chi connectivity index (χ2v) is 6.79. The third-order valence-corrected chi connectivity index (χ3v) is 4.82.